The molecule has 0 atom stereocenters. The van der Waals surface area contributed by atoms with Crippen molar-refractivity contribution in [3.8, 4) is 0 Å². The monoisotopic (exact) mass is 274 g/mol. The minimum Gasteiger partial charge on any atom is -0.348 e. The highest BCUT2D eigenvalue weighted by Crippen LogP contribution is 2.37. The lowest BCUT2D eigenvalue weighted by molar-refractivity contribution is 0.239. The van der Waals surface area contributed by atoms with Crippen LogP contribution in [0.15, 0.2) is 6.07 Å². The molecule has 0 unspecified atom stereocenters. The summed E-state index contributed by atoms with van der Waals surface area (Å²) in [7, 11) is 0. The smallest absolute Gasteiger partial charge is 0.133 e. The summed E-state index contributed by atoms with van der Waals surface area (Å²) in [6.45, 7) is 7.42. The van der Waals surface area contributed by atoms with E-state index in [9.17, 15) is 0 Å². The fourth-order valence-corrected chi connectivity index (χ4v) is 3.79. The van der Waals surface area contributed by atoms with Crippen LogP contribution in [0.4, 0.5) is 5.82 Å². The van der Waals surface area contributed by atoms with E-state index in [0.717, 1.165) is 43.4 Å². The molecule has 1 spiro atoms. The highest BCUT2D eigenvalue weighted by atomic mass is 15.3. The number of aromatic nitrogens is 2. The molecule has 4 heteroatoms. The van der Waals surface area contributed by atoms with Gasteiger partial charge in [0.25, 0.3) is 0 Å². The molecule has 20 heavy (non-hydrogen) atoms. The summed E-state index contributed by atoms with van der Waals surface area (Å²) in [6, 6.07) is 2.20. The number of rotatable bonds is 2. The number of nitrogens with one attached hydrogen (secondary N) is 1. The van der Waals surface area contributed by atoms with Crippen molar-refractivity contribution in [2.75, 3.05) is 24.5 Å². The number of anilines is 1. The number of aryl methyl sites for hydroxylation is 2. The van der Waals surface area contributed by atoms with Crippen molar-refractivity contribution in [2.24, 2.45) is 0 Å². The molecule has 0 bridgehead atoms. The highest BCUT2D eigenvalue weighted by Gasteiger charge is 2.40. The lowest BCUT2D eigenvalue weighted by Crippen LogP contribution is -2.62. The summed E-state index contributed by atoms with van der Waals surface area (Å²) in [5.74, 6) is 2.06. The van der Waals surface area contributed by atoms with Gasteiger partial charge in [0.1, 0.15) is 11.6 Å². The van der Waals surface area contributed by atoms with E-state index in [2.05, 4.69) is 28.2 Å². The predicted molar refractivity (Wildman–Crippen MR) is 82.2 cm³/mol. The van der Waals surface area contributed by atoms with Crippen LogP contribution in [0.3, 0.4) is 0 Å². The Labute approximate surface area is 122 Å². The third-order valence-electron chi connectivity index (χ3n) is 4.84. The fourth-order valence-electron chi connectivity index (χ4n) is 3.79. The molecule has 1 N–H and O–H groups in total. The van der Waals surface area contributed by atoms with Crippen molar-refractivity contribution in [2.45, 2.75) is 57.9 Å². The maximum absolute atomic E-state index is 4.74. The summed E-state index contributed by atoms with van der Waals surface area (Å²) < 4.78 is 0. The molecular formula is C16H26N4. The molecule has 1 saturated carbocycles. The van der Waals surface area contributed by atoms with Crippen LogP contribution in [0.25, 0.3) is 0 Å². The number of nitrogens with zero attached hydrogens (tertiary/aromatic N) is 3. The van der Waals surface area contributed by atoms with E-state index in [4.69, 9.17) is 4.98 Å². The molecule has 1 aromatic heterocycles. The Balaban J connectivity index is 1.95. The molecule has 0 amide bonds. The molecule has 4 nitrogen and oxygen atoms in total. The third-order valence-corrected chi connectivity index (χ3v) is 4.84. The minimum absolute atomic E-state index is 0.294. The van der Waals surface area contributed by atoms with Crippen molar-refractivity contribution >= 4 is 5.82 Å². The van der Waals surface area contributed by atoms with Gasteiger partial charge in [-0.1, -0.05) is 26.2 Å². The van der Waals surface area contributed by atoms with Gasteiger partial charge in [0, 0.05) is 31.4 Å². The van der Waals surface area contributed by atoms with Gasteiger partial charge >= 0.3 is 0 Å². The van der Waals surface area contributed by atoms with Gasteiger partial charge in [0.2, 0.25) is 0 Å². The molecule has 0 aromatic carbocycles. The van der Waals surface area contributed by atoms with E-state index < -0.39 is 0 Å². The third kappa shape index (κ3) is 2.53. The van der Waals surface area contributed by atoms with Crippen LogP contribution >= 0.6 is 0 Å². The summed E-state index contributed by atoms with van der Waals surface area (Å²) in [4.78, 5) is 11.8. The lowest BCUT2D eigenvalue weighted by atomic mass is 9.79. The van der Waals surface area contributed by atoms with E-state index in [1.54, 1.807) is 0 Å². The van der Waals surface area contributed by atoms with Crippen LogP contribution in [0.1, 0.15) is 50.5 Å². The van der Waals surface area contributed by atoms with E-state index in [1.807, 2.05) is 6.92 Å². The number of hydrogen-bond acceptors (Lipinski definition) is 4. The first kappa shape index (κ1) is 13.8. The van der Waals surface area contributed by atoms with Crippen molar-refractivity contribution < 1.29 is 0 Å². The van der Waals surface area contributed by atoms with Crippen LogP contribution in [0.5, 0.6) is 0 Å². The average Bonchev–Trinajstić information content (AvgIpc) is 2.48. The first-order valence-corrected chi connectivity index (χ1v) is 8.06. The molecular weight excluding hydrogens is 248 g/mol. The SMILES string of the molecule is CCc1cc(N2CCNCC23CCCCC3)nc(C)n1. The van der Waals surface area contributed by atoms with Crippen molar-refractivity contribution in [1.82, 2.24) is 15.3 Å². The van der Waals surface area contributed by atoms with Crippen LogP contribution in [0.2, 0.25) is 0 Å². The second-order valence-corrected chi connectivity index (χ2v) is 6.23. The lowest BCUT2D eigenvalue weighted by Gasteiger charge is -2.50. The molecule has 2 aliphatic rings. The Morgan fingerprint density at radius 2 is 2.05 bits per heavy atom. The van der Waals surface area contributed by atoms with Gasteiger partial charge in [-0.2, -0.15) is 0 Å². The van der Waals surface area contributed by atoms with Crippen molar-refractivity contribution in [1.29, 1.82) is 0 Å². The summed E-state index contributed by atoms with van der Waals surface area (Å²) in [5, 5.41) is 3.60. The van der Waals surface area contributed by atoms with Gasteiger partial charge in [0.15, 0.2) is 0 Å². The van der Waals surface area contributed by atoms with E-state index in [1.165, 1.54) is 32.1 Å². The van der Waals surface area contributed by atoms with Crippen LogP contribution in [-0.2, 0) is 6.42 Å². The van der Waals surface area contributed by atoms with Gasteiger partial charge in [-0.15, -0.1) is 0 Å². The highest BCUT2D eigenvalue weighted by molar-refractivity contribution is 5.45. The topological polar surface area (TPSA) is 41.0 Å². The van der Waals surface area contributed by atoms with Gasteiger partial charge in [-0.3, -0.25) is 0 Å². The summed E-state index contributed by atoms with van der Waals surface area (Å²) >= 11 is 0. The van der Waals surface area contributed by atoms with Gasteiger partial charge < -0.3 is 10.2 Å². The van der Waals surface area contributed by atoms with Gasteiger partial charge in [-0.25, -0.2) is 9.97 Å². The molecule has 1 aromatic rings. The Kier molecular flexibility index (Phi) is 3.92. The van der Waals surface area contributed by atoms with Crippen LogP contribution in [0, 0.1) is 6.92 Å². The standard InChI is InChI=1S/C16H26N4/c1-3-14-11-15(19-13(2)18-14)20-10-9-17-12-16(20)7-5-4-6-8-16/h11,17H,3-10,12H2,1-2H3. The first-order chi connectivity index (χ1) is 9.73. The van der Waals surface area contributed by atoms with Gasteiger partial charge in [0.05, 0.1) is 5.54 Å². The fraction of sp³-hybridized carbons (Fsp3) is 0.750. The van der Waals surface area contributed by atoms with E-state index in [-0.39, 0.29) is 0 Å². The zero-order valence-corrected chi connectivity index (χ0v) is 12.8. The molecule has 1 saturated heterocycles. The predicted octanol–water partition coefficient (Wildman–Crippen LogP) is 2.46. The second-order valence-electron chi connectivity index (χ2n) is 6.23. The Bertz CT molecular complexity index is 457. The maximum Gasteiger partial charge on any atom is 0.133 e. The Morgan fingerprint density at radius 1 is 1.25 bits per heavy atom. The zero-order valence-electron chi connectivity index (χ0n) is 12.8. The Morgan fingerprint density at radius 3 is 2.80 bits per heavy atom. The van der Waals surface area contributed by atoms with E-state index >= 15 is 0 Å². The quantitative estimate of drug-likeness (QED) is 0.899. The molecule has 2 fully saturated rings. The normalized spacial score (nSPS) is 22.2. The molecule has 0 radical (unpaired) electrons. The van der Waals surface area contributed by atoms with Crippen LogP contribution in [-0.4, -0.2) is 35.1 Å². The first-order valence-electron chi connectivity index (χ1n) is 8.06. The number of piperazine rings is 1. The van der Waals surface area contributed by atoms with E-state index in [0.29, 0.717) is 5.54 Å². The Hall–Kier alpha value is -1.16. The minimum atomic E-state index is 0.294. The summed E-state index contributed by atoms with van der Waals surface area (Å²) in [5.41, 5.74) is 1.46. The molecule has 2 heterocycles. The molecule has 1 aliphatic carbocycles. The molecule has 1 aliphatic heterocycles. The van der Waals surface area contributed by atoms with Crippen molar-refractivity contribution in [3.63, 3.8) is 0 Å². The zero-order chi connectivity index (χ0) is 14.0. The van der Waals surface area contributed by atoms with Crippen molar-refractivity contribution in [3.05, 3.63) is 17.6 Å². The van der Waals surface area contributed by atoms with Gasteiger partial charge in [-0.05, 0) is 26.2 Å². The largest absolute Gasteiger partial charge is 0.348 e. The average molecular weight is 274 g/mol. The summed E-state index contributed by atoms with van der Waals surface area (Å²) in [6.07, 6.45) is 7.66. The molecule has 3 rings (SSSR count). The second kappa shape index (κ2) is 5.68. The molecule has 110 valence electrons. The number of hydrogen-bond donors (Lipinski definition) is 1. The van der Waals surface area contributed by atoms with Crippen LogP contribution < -0.4 is 10.2 Å². The maximum atomic E-state index is 4.74.